The number of carbonyl (C=O) groups is 3. The molecule has 0 saturated carbocycles. The SMILES string of the molecule is CN1C(=O)C(=C/C=C2/N(c3cc4ccccc4s3)c3cc4cc(S(=O)O)sc4cc3C2(C)C)C(=O)N(C)C1=O. The Hall–Kier alpha value is -3.64. The Labute approximate surface area is 234 Å². The van der Waals surface area contributed by atoms with Crippen LogP contribution in [0.3, 0.4) is 0 Å². The fourth-order valence-electron chi connectivity index (χ4n) is 5.12. The number of likely N-dealkylation sites (N-methyl/N-ethyl adjacent to an activating group) is 2. The van der Waals surface area contributed by atoms with Gasteiger partial charge in [-0.2, -0.15) is 0 Å². The van der Waals surface area contributed by atoms with E-state index in [1.165, 1.54) is 31.5 Å². The maximum absolute atomic E-state index is 12.9. The third-order valence-corrected chi connectivity index (χ3v) is 10.4. The second-order valence-corrected chi connectivity index (χ2v) is 13.3. The number of allylic oxidation sites excluding steroid dienone is 3. The van der Waals surface area contributed by atoms with Gasteiger partial charge in [-0.15, -0.1) is 22.7 Å². The summed E-state index contributed by atoms with van der Waals surface area (Å²) in [4.78, 5) is 41.9. The minimum Gasteiger partial charge on any atom is -0.304 e. The molecular weight excluding hydrogens is 555 g/mol. The van der Waals surface area contributed by atoms with Crippen LogP contribution in [-0.4, -0.2) is 50.5 Å². The van der Waals surface area contributed by atoms with E-state index in [0.29, 0.717) is 4.21 Å². The number of fused-ring (bicyclic) bond motifs is 3. The molecule has 198 valence electrons. The third kappa shape index (κ3) is 3.88. The largest absolute Gasteiger partial charge is 0.333 e. The standard InChI is InChI=1S/C28H23N3O5S3/c1-28(2)18-14-21-16(13-24(38-21)39(35)36)11-19(18)31(23-12-15-7-5-6-8-20(15)37-23)22(28)10-9-17-25(32)29(3)27(34)30(4)26(17)33/h5-14H,1-4H3,(H,35,36)/b22-10+. The zero-order valence-corrected chi connectivity index (χ0v) is 23.9. The van der Waals surface area contributed by atoms with Gasteiger partial charge in [0.15, 0.2) is 11.1 Å². The maximum atomic E-state index is 12.9. The number of hydrogen-bond acceptors (Lipinski definition) is 7. The quantitative estimate of drug-likeness (QED) is 0.183. The van der Waals surface area contributed by atoms with E-state index in [2.05, 4.69) is 43.0 Å². The Morgan fingerprint density at radius 3 is 2.23 bits per heavy atom. The molecule has 11 heteroatoms. The molecule has 2 aromatic heterocycles. The van der Waals surface area contributed by atoms with Crippen LogP contribution in [0.15, 0.2) is 76.2 Å². The van der Waals surface area contributed by atoms with Crippen LogP contribution in [0.4, 0.5) is 15.5 Å². The molecule has 6 rings (SSSR count). The van der Waals surface area contributed by atoms with Gasteiger partial charge < -0.3 is 9.45 Å². The Morgan fingerprint density at radius 1 is 0.872 bits per heavy atom. The number of amides is 4. The number of hydrogen-bond donors (Lipinski definition) is 1. The minimum absolute atomic E-state index is 0.0915. The number of benzene rings is 2. The molecule has 0 aliphatic carbocycles. The minimum atomic E-state index is -2.07. The first-order valence-electron chi connectivity index (χ1n) is 12.0. The molecule has 2 aromatic carbocycles. The molecular formula is C28H23N3O5S3. The summed E-state index contributed by atoms with van der Waals surface area (Å²) in [5, 5.41) is 2.91. The normalized spacial score (nSPS) is 19.1. The van der Waals surface area contributed by atoms with Crippen molar-refractivity contribution < 1.29 is 23.1 Å². The zero-order chi connectivity index (χ0) is 27.8. The first kappa shape index (κ1) is 25.6. The molecule has 1 saturated heterocycles. The van der Waals surface area contributed by atoms with E-state index in [-0.39, 0.29) is 5.57 Å². The molecule has 2 aliphatic heterocycles. The summed E-state index contributed by atoms with van der Waals surface area (Å²) in [6.45, 7) is 4.14. The Kier molecular flexibility index (Phi) is 5.88. The van der Waals surface area contributed by atoms with Crippen molar-refractivity contribution in [2.45, 2.75) is 23.5 Å². The van der Waals surface area contributed by atoms with Crippen molar-refractivity contribution in [3.05, 3.63) is 77.5 Å². The van der Waals surface area contributed by atoms with E-state index < -0.39 is 34.3 Å². The average Bonchev–Trinajstić information content (AvgIpc) is 3.58. The maximum Gasteiger partial charge on any atom is 0.333 e. The summed E-state index contributed by atoms with van der Waals surface area (Å²) in [6, 6.07) is 15.3. The number of anilines is 2. The number of urea groups is 1. The van der Waals surface area contributed by atoms with E-state index in [1.54, 1.807) is 23.5 Å². The van der Waals surface area contributed by atoms with Gasteiger partial charge >= 0.3 is 6.03 Å². The number of thiophene rings is 2. The second-order valence-electron chi connectivity index (χ2n) is 9.95. The van der Waals surface area contributed by atoms with Gasteiger partial charge in [0.25, 0.3) is 11.8 Å². The lowest BCUT2D eigenvalue weighted by molar-refractivity contribution is -0.134. The molecule has 8 nitrogen and oxygen atoms in total. The first-order valence-corrected chi connectivity index (χ1v) is 14.7. The fourth-order valence-corrected chi connectivity index (χ4v) is 7.81. The zero-order valence-electron chi connectivity index (χ0n) is 21.4. The summed E-state index contributed by atoms with van der Waals surface area (Å²) >= 11 is 0.837. The van der Waals surface area contributed by atoms with Gasteiger partial charge in [0, 0.05) is 34.6 Å². The average molecular weight is 578 g/mol. The number of barbiturate groups is 1. The summed E-state index contributed by atoms with van der Waals surface area (Å²) in [5.74, 6) is -1.29. The van der Waals surface area contributed by atoms with Crippen molar-refractivity contribution >= 4 is 82.5 Å². The molecule has 4 heterocycles. The Bertz CT molecular complexity index is 1770. The van der Waals surface area contributed by atoms with Gasteiger partial charge in [0.05, 0.1) is 5.69 Å². The molecule has 0 bridgehead atoms. The smallest absolute Gasteiger partial charge is 0.304 e. The van der Waals surface area contributed by atoms with E-state index in [1.807, 2.05) is 18.2 Å². The highest BCUT2D eigenvalue weighted by atomic mass is 32.2. The van der Waals surface area contributed by atoms with Gasteiger partial charge in [-0.25, -0.2) is 9.00 Å². The highest BCUT2D eigenvalue weighted by Crippen LogP contribution is 2.55. The lowest BCUT2D eigenvalue weighted by Crippen LogP contribution is -2.53. The topological polar surface area (TPSA) is 98.2 Å². The predicted molar refractivity (Wildman–Crippen MR) is 155 cm³/mol. The summed E-state index contributed by atoms with van der Waals surface area (Å²) in [6.07, 6.45) is 3.29. The van der Waals surface area contributed by atoms with E-state index in [0.717, 1.165) is 51.9 Å². The molecule has 0 spiro atoms. The van der Waals surface area contributed by atoms with Crippen molar-refractivity contribution in [3.8, 4) is 0 Å². The number of nitrogens with zero attached hydrogens (tertiary/aromatic N) is 3. The molecule has 2 aliphatic rings. The molecule has 4 amide bonds. The van der Waals surface area contributed by atoms with Crippen LogP contribution in [-0.2, 0) is 26.1 Å². The van der Waals surface area contributed by atoms with Crippen LogP contribution < -0.4 is 4.90 Å². The van der Waals surface area contributed by atoms with Gasteiger partial charge in [-0.3, -0.25) is 19.4 Å². The van der Waals surface area contributed by atoms with Crippen LogP contribution in [0.5, 0.6) is 0 Å². The molecule has 0 radical (unpaired) electrons. The molecule has 1 unspecified atom stereocenters. The van der Waals surface area contributed by atoms with Crippen molar-refractivity contribution in [2.75, 3.05) is 19.0 Å². The summed E-state index contributed by atoms with van der Waals surface area (Å²) in [7, 11) is 2.71. The second kappa shape index (κ2) is 8.95. The van der Waals surface area contributed by atoms with Crippen LogP contribution in [0.25, 0.3) is 20.2 Å². The molecule has 1 atom stereocenters. The van der Waals surface area contributed by atoms with Crippen molar-refractivity contribution in [1.82, 2.24) is 9.80 Å². The first-order chi connectivity index (χ1) is 18.5. The van der Waals surface area contributed by atoms with Gasteiger partial charge in [0.1, 0.15) is 14.8 Å². The van der Waals surface area contributed by atoms with E-state index >= 15 is 0 Å². The highest BCUT2D eigenvalue weighted by Gasteiger charge is 2.43. The van der Waals surface area contributed by atoms with E-state index in [4.69, 9.17) is 0 Å². The Morgan fingerprint density at radius 2 is 1.56 bits per heavy atom. The monoisotopic (exact) mass is 577 g/mol. The van der Waals surface area contributed by atoms with Crippen LogP contribution in [0.1, 0.15) is 19.4 Å². The van der Waals surface area contributed by atoms with E-state index in [9.17, 15) is 23.1 Å². The highest BCUT2D eigenvalue weighted by molar-refractivity contribution is 7.82. The Balaban J connectivity index is 1.57. The number of rotatable bonds is 3. The number of imide groups is 2. The van der Waals surface area contributed by atoms with Crippen molar-refractivity contribution in [2.24, 2.45) is 0 Å². The summed E-state index contributed by atoms with van der Waals surface area (Å²) < 4.78 is 23.8. The van der Waals surface area contributed by atoms with Crippen LogP contribution in [0, 0.1) is 0 Å². The summed E-state index contributed by atoms with van der Waals surface area (Å²) in [5.41, 5.74) is 2.14. The third-order valence-electron chi connectivity index (χ3n) is 7.26. The van der Waals surface area contributed by atoms with Gasteiger partial charge in [-0.05, 0) is 58.8 Å². The van der Waals surface area contributed by atoms with Crippen LogP contribution in [0.2, 0.25) is 0 Å². The van der Waals surface area contributed by atoms with Crippen molar-refractivity contribution in [3.63, 3.8) is 0 Å². The molecule has 1 fully saturated rings. The lowest BCUT2D eigenvalue weighted by Gasteiger charge is -2.29. The molecule has 4 aromatic rings. The fraction of sp³-hybridized carbons (Fsp3) is 0.179. The van der Waals surface area contributed by atoms with Gasteiger partial charge in [0.2, 0.25) is 0 Å². The predicted octanol–water partition coefficient (Wildman–Crippen LogP) is 5.99. The lowest BCUT2D eigenvalue weighted by atomic mass is 9.83. The molecule has 39 heavy (non-hydrogen) atoms. The molecule has 1 N–H and O–H groups in total. The van der Waals surface area contributed by atoms with Crippen molar-refractivity contribution in [1.29, 1.82) is 0 Å². The number of carbonyl (C=O) groups excluding carboxylic acids is 3. The van der Waals surface area contributed by atoms with Crippen LogP contribution >= 0.6 is 22.7 Å². The van der Waals surface area contributed by atoms with Gasteiger partial charge in [-0.1, -0.05) is 32.0 Å².